The summed E-state index contributed by atoms with van der Waals surface area (Å²) in [5.74, 6) is 1.86. The minimum absolute atomic E-state index is 0. The van der Waals surface area contributed by atoms with Crippen LogP contribution in [0.1, 0.15) is 54.4 Å². The van der Waals surface area contributed by atoms with Crippen molar-refractivity contribution in [1.29, 1.82) is 0 Å². The van der Waals surface area contributed by atoms with Crippen molar-refractivity contribution in [2.75, 3.05) is 39.8 Å². The highest BCUT2D eigenvalue weighted by Gasteiger charge is 2.32. The molecule has 2 N–H and O–H groups in total. The molecule has 0 aromatic heterocycles. The summed E-state index contributed by atoms with van der Waals surface area (Å²) in [6, 6.07) is 0.989. The fourth-order valence-corrected chi connectivity index (χ4v) is 3.95. The maximum Gasteiger partial charge on any atom is 0.410 e. The van der Waals surface area contributed by atoms with E-state index >= 15 is 0 Å². The molecule has 2 aliphatic heterocycles. The topological polar surface area (TPSA) is 69.2 Å². The molecule has 2 heterocycles. The van der Waals surface area contributed by atoms with Crippen LogP contribution in [-0.4, -0.2) is 79.3 Å². The van der Waals surface area contributed by atoms with E-state index in [0.29, 0.717) is 23.9 Å². The molecule has 7 nitrogen and oxygen atoms in total. The average Bonchev–Trinajstić information content (AvgIpc) is 2.98. The molecule has 1 amide bonds. The summed E-state index contributed by atoms with van der Waals surface area (Å²) in [6.45, 7) is 17.0. The average molecular weight is 524 g/mol. The first-order chi connectivity index (χ1) is 13.1. The van der Waals surface area contributed by atoms with Crippen molar-refractivity contribution in [3.05, 3.63) is 0 Å². The van der Waals surface area contributed by atoms with Crippen LogP contribution < -0.4 is 10.6 Å². The van der Waals surface area contributed by atoms with Gasteiger partial charge in [0.1, 0.15) is 5.60 Å². The van der Waals surface area contributed by atoms with E-state index < -0.39 is 5.60 Å². The van der Waals surface area contributed by atoms with Crippen LogP contribution in [0.25, 0.3) is 0 Å². The summed E-state index contributed by atoms with van der Waals surface area (Å²) in [5, 5.41) is 7.08. The van der Waals surface area contributed by atoms with Gasteiger partial charge in [-0.15, -0.1) is 24.0 Å². The molecule has 8 heteroatoms. The fraction of sp³-hybridized carbons (Fsp3) is 0.905. The van der Waals surface area contributed by atoms with Gasteiger partial charge in [-0.3, -0.25) is 9.89 Å². The number of likely N-dealkylation sites (tertiary alicyclic amines) is 2. The number of amides is 1. The Hall–Kier alpha value is -0.770. The van der Waals surface area contributed by atoms with Crippen LogP contribution in [0.15, 0.2) is 4.99 Å². The van der Waals surface area contributed by atoms with E-state index in [1.54, 1.807) is 0 Å². The van der Waals surface area contributed by atoms with Crippen LogP contribution in [0.3, 0.4) is 0 Å². The first kappa shape index (κ1) is 26.3. The number of rotatable bonds is 4. The van der Waals surface area contributed by atoms with Gasteiger partial charge in [-0.05, 0) is 59.3 Å². The summed E-state index contributed by atoms with van der Waals surface area (Å²) >= 11 is 0. The molecule has 29 heavy (non-hydrogen) atoms. The molecule has 170 valence electrons. The Labute approximate surface area is 194 Å². The van der Waals surface area contributed by atoms with Gasteiger partial charge in [0, 0.05) is 51.9 Å². The number of nitrogens with one attached hydrogen (secondary N) is 2. The lowest BCUT2D eigenvalue weighted by Gasteiger charge is -2.34. The smallest absolute Gasteiger partial charge is 0.410 e. The van der Waals surface area contributed by atoms with E-state index in [0.717, 1.165) is 51.5 Å². The minimum Gasteiger partial charge on any atom is -0.444 e. The van der Waals surface area contributed by atoms with Gasteiger partial charge in [-0.25, -0.2) is 4.79 Å². The number of nitrogens with zero attached hydrogens (tertiary/aromatic N) is 3. The lowest BCUT2D eigenvalue weighted by atomic mass is 9.98. The van der Waals surface area contributed by atoms with Crippen LogP contribution >= 0.6 is 24.0 Å². The number of ether oxygens (including phenoxy) is 1. The molecule has 0 aromatic carbocycles. The van der Waals surface area contributed by atoms with E-state index in [1.165, 1.54) is 0 Å². The van der Waals surface area contributed by atoms with E-state index in [2.05, 4.69) is 41.3 Å². The zero-order valence-electron chi connectivity index (χ0n) is 19.3. The predicted molar refractivity (Wildman–Crippen MR) is 130 cm³/mol. The molecule has 0 saturated carbocycles. The largest absolute Gasteiger partial charge is 0.444 e. The van der Waals surface area contributed by atoms with Crippen molar-refractivity contribution in [3.8, 4) is 0 Å². The lowest BCUT2D eigenvalue weighted by Crippen LogP contribution is -2.50. The van der Waals surface area contributed by atoms with E-state index in [-0.39, 0.29) is 30.1 Å². The Kier molecular flexibility index (Phi) is 10.5. The number of hydrogen-bond donors (Lipinski definition) is 2. The Balaban J connectivity index is 0.00000420. The van der Waals surface area contributed by atoms with Crippen molar-refractivity contribution < 1.29 is 9.53 Å². The fourth-order valence-electron chi connectivity index (χ4n) is 3.95. The molecule has 0 aromatic rings. The van der Waals surface area contributed by atoms with Crippen molar-refractivity contribution in [1.82, 2.24) is 20.4 Å². The zero-order valence-corrected chi connectivity index (χ0v) is 21.7. The molecule has 0 spiro atoms. The van der Waals surface area contributed by atoms with Crippen LogP contribution in [0.2, 0.25) is 0 Å². The minimum atomic E-state index is -0.448. The van der Waals surface area contributed by atoms with Crippen molar-refractivity contribution in [3.63, 3.8) is 0 Å². The van der Waals surface area contributed by atoms with Gasteiger partial charge in [-0.2, -0.15) is 0 Å². The molecule has 0 radical (unpaired) electrons. The second-order valence-corrected chi connectivity index (χ2v) is 9.66. The maximum absolute atomic E-state index is 12.3. The quantitative estimate of drug-likeness (QED) is 0.337. The number of hydrogen-bond acceptors (Lipinski definition) is 4. The summed E-state index contributed by atoms with van der Waals surface area (Å²) in [5.41, 5.74) is -0.448. The first-order valence-electron chi connectivity index (χ1n) is 10.8. The number of halogens is 1. The highest BCUT2D eigenvalue weighted by atomic mass is 127. The number of carbonyl (C=O) groups excluding carboxylic acids is 1. The van der Waals surface area contributed by atoms with Gasteiger partial charge in [0.05, 0.1) is 0 Å². The molecule has 2 fully saturated rings. The second kappa shape index (κ2) is 11.6. The van der Waals surface area contributed by atoms with Crippen molar-refractivity contribution in [2.45, 2.75) is 72.1 Å². The van der Waals surface area contributed by atoms with Gasteiger partial charge in [-0.1, -0.05) is 6.92 Å². The van der Waals surface area contributed by atoms with E-state index in [1.807, 2.05) is 32.7 Å². The summed E-state index contributed by atoms with van der Waals surface area (Å²) in [4.78, 5) is 21.1. The standard InChI is InChI=1S/C21H41N5O2.HI/c1-15(2)26-12-16(3)18(14-26)24-19(22-7)23-11-17-9-8-10-25(13-17)20(27)28-21(4,5)6;/h15-18H,8-14H2,1-7H3,(H2,22,23,24);1H. The van der Waals surface area contributed by atoms with Crippen molar-refractivity contribution >= 4 is 36.0 Å². The number of carbonyl (C=O) groups is 1. The summed E-state index contributed by atoms with van der Waals surface area (Å²) < 4.78 is 5.53. The Bertz CT molecular complexity index is 550. The van der Waals surface area contributed by atoms with Crippen LogP contribution in [-0.2, 0) is 4.74 Å². The second-order valence-electron chi connectivity index (χ2n) is 9.66. The Morgan fingerprint density at radius 3 is 2.48 bits per heavy atom. The highest BCUT2D eigenvalue weighted by Crippen LogP contribution is 2.20. The van der Waals surface area contributed by atoms with E-state index in [9.17, 15) is 4.79 Å². The van der Waals surface area contributed by atoms with Gasteiger partial charge >= 0.3 is 6.09 Å². The summed E-state index contributed by atoms with van der Waals surface area (Å²) in [6.07, 6.45) is 1.93. The predicted octanol–water partition coefficient (Wildman–Crippen LogP) is 3.15. The first-order valence-corrected chi connectivity index (χ1v) is 10.8. The maximum atomic E-state index is 12.3. The third kappa shape index (κ3) is 8.47. The molecule has 3 atom stereocenters. The monoisotopic (exact) mass is 523 g/mol. The van der Waals surface area contributed by atoms with Crippen LogP contribution in [0.4, 0.5) is 4.79 Å². The molecular formula is C21H42IN5O2. The molecule has 2 saturated heterocycles. The van der Waals surface area contributed by atoms with Crippen molar-refractivity contribution in [2.24, 2.45) is 16.8 Å². The third-order valence-electron chi connectivity index (χ3n) is 5.65. The Morgan fingerprint density at radius 2 is 1.93 bits per heavy atom. The SMILES string of the molecule is CN=C(NCC1CCCN(C(=O)OC(C)(C)C)C1)NC1CN(C(C)C)CC1C.I. The lowest BCUT2D eigenvalue weighted by molar-refractivity contribution is 0.0168. The normalized spacial score (nSPS) is 26.3. The van der Waals surface area contributed by atoms with Gasteiger partial charge in [0.25, 0.3) is 0 Å². The number of piperidine rings is 1. The van der Waals surface area contributed by atoms with Gasteiger partial charge in [0.15, 0.2) is 5.96 Å². The highest BCUT2D eigenvalue weighted by molar-refractivity contribution is 14.0. The molecular weight excluding hydrogens is 481 g/mol. The Morgan fingerprint density at radius 1 is 1.24 bits per heavy atom. The van der Waals surface area contributed by atoms with E-state index in [4.69, 9.17) is 4.74 Å². The summed E-state index contributed by atoms with van der Waals surface area (Å²) in [7, 11) is 1.82. The molecule has 2 aliphatic rings. The molecule has 0 bridgehead atoms. The van der Waals surface area contributed by atoms with Crippen LogP contribution in [0, 0.1) is 11.8 Å². The van der Waals surface area contributed by atoms with Gasteiger partial charge in [0.2, 0.25) is 0 Å². The van der Waals surface area contributed by atoms with Crippen LogP contribution in [0.5, 0.6) is 0 Å². The number of aliphatic imine (C=N–C) groups is 1. The molecule has 2 rings (SSSR count). The number of guanidine groups is 1. The zero-order chi connectivity index (χ0) is 20.9. The molecule has 0 aliphatic carbocycles. The molecule has 3 unspecified atom stereocenters. The van der Waals surface area contributed by atoms with Gasteiger partial charge < -0.3 is 20.3 Å². The third-order valence-corrected chi connectivity index (χ3v) is 5.65.